The Balaban J connectivity index is 1.59. The molecule has 6 nitrogen and oxygen atoms in total. The second-order valence-electron chi connectivity index (χ2n) is 7.79. The summed E-state index contributed by atoms with van der Waals surface area (Å²) in [5.41, 5.74) is 0.222. The number of ether oxygens (including phenoxy) is 2. The molecule has 1 fully saturated rings. The number of fused-ring (bicyclic) bond motifs is 1. The van der Waals surface area contributed by atoms with E-state index in [4.69, 9.17) is 9.47 Å². The molecule has 1 saturated heterocycles. The van der Waals surface area contributed by atoms with Crippen LogP contribution in [0.5, 0.6) is 11.5 Å². The fourth-order valence-corrected chi connectivity index (χ4v) is 3.13. The minimum absolute atomic E-state index is 0.00477. The molecule has 1 atom stereocenters. The van der Waals surface area contributed by atoms with Crippen LogP contribution < -0.4 is 14.8 Å². The minimum atomic E-state index is -0.392. The number of nitrogens with one attached hydrogen (secondary N) is 1. The van der Waals surface area contributed by atoms with E-state index in [9.17, 15) is 9.59 Å². The smallest absolute Gasteiger partial charge is 0.254 e. The van der Waals surface area contributed by atoms with E-state index in [0.29, 0.717) is 30.2 Å². The Hall–Kier alpha value is -2.24. The molecule has 1 N–H and O–H groups in total. The number of piperidine rings is 1. The lowest BCUT2D eigenvalue weighted by Crippen LogP contribution is -2.45. The summed E-state index contributed by atoms with van der Waals surface area (Å²) in [5, 5.41) is 3.01. The third kappa shape index (κ3) is 4.06. The van der Waals surface area contributed by atoms with Gasteiger partial charge in [-0.05, 0) is 37.0 Å². The number of carbonyl (C=O) groups excluding carboxylic acids is 2. The minimum Gasteiger partial charge on any atom is -0.454 e. The molecule has 1 aromatic carbocycles. The van der Waals surface area contributed by atoms with Crippen LogP contribution in [0.4, 0.5) is 0 Å². The van der Waals surface area contributed by atoms with Crippen LogP contribution in [0.15, 0.2) is 18.2 Å². The molecule has 0 aliphatic carbocycles. The largest absolute Gasteiger partial charge is 0.454 e. The standard InChI is InChI=1S/C19H26N2O4/c1-19(2,3)18(23)20-10-13-5-4-8-21(11-13)17(22)14-6-7-15-16(9-14)25-12-24-15/h6-7,9,13H,4-5,8,10-12H2,1-3H3,(H,20,23)/t13-/m1/s1. The van der Waals surface area contributed by atoms with Gasteiger partial charge in [0.1, 0.15) is 0 Å². The molecule has 0 unspecified atom stereocenters. The van der Waals surface area contributed by atoms with Crippen LogP contribution in [0.1, 0.15) is 44.0 Å². The van der Waals surface area contributed by atoms with Crippen molar-refractivity contribution < 1.29 is 19.1 Å². The van der Waals surface area contributed by atoms with Crippen LogP contribution in [0, 0.1) is 11.3 Å². The molecule has 2 aliphatic rings. The van der Waals surface area contributed by atoms with Gasteiger partial charge in [-0.3, -0.25) is 9.59 Å². The summed E-state index contributed by atoms with van der Waals surface area (Å²) in [7, 11) is 0. The van der Waals surface area contributed by atoms with Crippen molar-refractivity contribution in [2.45, 2.75) is 33.6 Å². The monoisotopic (exact) mass is 346 g/mol. The number of likely N-dealkylation sites (tertiary alicyclic amines) is 1. The first-order chi connectivity index (χ1) is 11.8. The lowest BCUT2D eigenvalue weighted by molar-refractivity contribution is -0.128. The molecular formula is C19H26N2O4. The van der Waals surface area contributed by atoms with Crippen molar-refractivity contribution in [2.75, 3.05) is 26.4 Å². The SMILES string of the molecule is CC(C)(C)C(=O)NC[C@H]1CCCN(C(=O)c2ccc3c(c2)OCO3)C1. The van der Waals surface area contributed by atoms with Crippen molar-refractivity contribution in [3.8, 4) is 11.5 Å². The van der Waals surface area contributed by atoms with Crippen LogP contribution in [0.3, 0.4) is 0 Å². The first-order valence-electron chi connectivity index (χ1n) is 8.82. The highest BCUT2D eigenvalue weighted by molar-refractivity contribution is 5.95. The summed E-state index contributed by atoms with van der Waals surface area (Å²) in [4.78, 5) is 26.7. The summed E-state index contributed by atoms with van der Waals surface area (Å²) in [6, 6.07) is 5.30. The van der Waals surface area contributed by atoms with E-state index in [2.05, 4.69) is 5.32 Å². The lowest BCUT2D eigenvalue weighted by Gasteiger charge is -2.33. The quantitative estimate of drug-likeness (QED) is 0.913. The Morgan fingerprint density at radius 3 is 2.76 bits per heavy atom. The number of rotatable bonds is 3. The first kappa shape index (κ1) is 17.6. The van der Waals surface area contributed by atoms with E-state index in [1.165, 1.54) is 0 Å². The summed E-state index contributed by atoms with van der Waals surface area (Å²) >= 11 is 0. The molecule has 3 rings (SSSR count). The van der Waals surface area contributed by atoms with Gasteiger partial charge in [-0.25, -0.2) is 0 Å². The molecule has 1 aromatic rings. The molecule has 136 valence electrons. The van der Waals surface area contributed by atoms with Gasteiger partial charge >= 0.3 is 0 Å². The molecule has 0 bridgehead atoms. The van der Waals surface area contributed by atoms with Gasteiger partial charge < -0.3 is 19.7 Å². The third-order valence-electron chi connectivity index (χ3n) is 4.66. The van der Waals surface area contributed by atoms with E-state index < -0.39 is 5.41 Å². The molecule has 6 heteroatoms. The first-order valence-corrected chi connectivity index (χ1v) is 8.82. The summed E-state index contributed by atoms with van der Waals surface area (Å²) in [6.45, 7) is 7.93. The van der Waals surface area contributed by atoms with Gasteiger partial charge in [0.15, 0.2) is 11.5 Å². The molecule has 0 saturated carbocycles. The van der Waals surface area contributed by atoms with Crippen molar-refractivity contribution in [1.29, 1.82) is 0 Å². The Labute approximate surface area is 148 Å². The normalized spacial score (nSPS) is 19.6. The number of amides is 2. The van der Waals surface area contributed by atoms with Gasteiger partial charge in [0, 0.05) is 30.6 Å². The van der Waals surface area contributed by atoms with Crippen LogP contribution in [-0.4, -0.2) is 43.1 Å². The Kier molecular flexibility index (Phi) is 4.88. The number of nitrogens with zero attached hydrogens (tertiary/aromatic N) is 1. The molecule has 25 heavy (non-hydrogen) atoms. The fraction of sp³-hybridized carbons (Fsp3) is 0.579. The molecule has 0 spiro atoms. The maximum absolute atomic E-state index is 12.8. The van der Waals surface area contributed by atoms with Crippen molar-refractivity contribution in [2.24, 2.45) is 11.3 Å². The van der Waals surface area contributed by atoms with Crippen molar-refractivity contribution in [1.82, 2.24) is 10.2 Å². The number of carbonyl (C=O) groups is 2. The number of hydrogen-bond donors (Lipinski definition) is 1. The van der Waals surface area contributed by atoms with Gasteiger partial charge in [0.25, 0.3) is 5.91 Å². The zero-order valence-electron chi connectivity index (χ0n) is 15.1. The van der Waals surface area contributed by atoms with Gasteiger partial charge in [0.05, 0.1) is 0 Å². The number of hydrogen-bond acceptors (Lipinski definition) is 4. The maximum Gasteiger partial charge on any atom is 0.254 e. The summed E-state index contributed by atoms with van der Waals surface area (Å²) in [5.74, 6) is 1.64. The summed E-state index contributed by atoms with van der Waals surface area (Å²) in [6.07, 6.45) is 1.97. The van der Waals surface area contributed by atoms with E-state index in [1.807, 2.05) is 25.7 Å². The van der Waals surface area contributed by atoms with Crippen LogP contribution in [0.25, 0.3) is 0 Å². The predicted molar refractivity (Wildman–Crippen MR) is 93.7 cm³/mol. The summed E-state index contributed by atoms with van der Waals surface area (Å²) < 4.78 is 10.6. The fourth-order valence-electron chi connectivity index (χ4n) is 3.13. The maximum atomic E-state index is 12.8. The van der Waals surface area contributed by atoms with Gasteiger partial charge in [-0.15, -0.1) is 0 Å². The Morgan fingerprint density at radius 1 is 1.24 bits per heavy atom. The van der Waals surface area contributed by atoms with Crippen molar-refractivity contribution in [3.63, 3.8) is 0 Å². The van der Waals surface area contributed by atoms with Crippen molar-refractivity contribution in [3.05, 3.63) is 23.8 Å². The van der Waals surface area contributed by atoms with Crippen molar-refractivity contribution >= 4 is 11.8 Å². The molecular weight excluding hydrogens is 320 g/mol. The molecule has 2 heterocycles. The average molecular weight is 346 g/mol. The predicted octanol–water partition coefficient (Wildman–Crippen LogP) is 2.43. The average Bonchev–Trinajstić information content (AvgIpc) is 3.06. The van der Waals surface area contributed by atoms with E-state index in [0.717, 1.165) is 19.4 Å². The Bertz CT molecular complexity index is 666. The van der Waals surface area contributed by atoms with Gasteiger partial charge in [-0.2, -0.15) is 0 Å². The van der Waals surface area contributed by atoms with Gasteiger partial charge in [0.2, 0.25) is 12.7 Å². The highest BCUT2D eigenvalue weighted by Crippen LogP contribution is 2.33. The topological polar surface area (TPSA) is 67.9 Å². The number of benzene rings is 1. The highest BCUT2D eigenvalue weighted by Gasteiger charge is 2.27. The van der Waals surface area contributed by atoms with Crippen LogP contribution in [-0.2, 0) is 4.79 Å². The molecule has 0 radical (unpaired) electrons. The van der Waals surface area contributed by atoms with Crippen LogP contribution >= 0.6 is 0 Å². The second kappa shape index (κ2) is 6.94. The molecule has 2 aliphatic heterocycles. The second-order valence-corrected chi connectivity index (χ2v) is 7.79. The van der Waals surface area contributed by atoms with Crippen LogP contribution in [0.2, 0.25) is 0 Å². The van der Waals surface area contributed by atoms with E-state index >= 15 is 0 Å². The third-order valence-corrected chi connectivity index (χ3v) is 4.66. The molecule has 2 amide bonds. The molecule has 0 aromatic heterocycles. The zero-order chi connectivity index (χ0) is 18.0. The highest BCUT2D eigenvalue weighted by atomic mass is 16.7. The van der Waals surface area contributed by atoms with E-state index in [-0.39, 0.29) is 24.5 Å². The van der Waals surface area contributed by atoms with Gasteiger partial charge in [-0.1, -0.05) is 20.8 Å². The lowest BCUT2D eigenvalue weighted by atomic mass is 9.94. The Morgan fingerprint density at radius 2 is 2.00 bits per heavy atom. The van der Waals surface area contributed by atoms with E-state index in [1.54, 1.807) is 18.2 Å². The zero-order valence-corrected chi connectivity index (χ0v) is 15.1.